The quantitative estimate of drug-likeness (QED) is 0.780. The number of nitrogens with one attached hydrogen (secondary N) is 1. The van der Waals surface area contributed by atoms with Crippen molar-refractivity contribution in [2.45, 2.75) is 32.4 Å². The molecule has 1 unspecified atom stereocenters. The molecule has 2 heterocycles. The number of rotatable bonds is 5. The molecule has 96 valence electrons. The largest absolute Gasteiger partial charge is 0.375 e. The van der Waals surface area contributed by atoms with Gasteiger partial charge in [0.2, 0.25) is 0 Å². The Labute approximate surface area is 98.2 Å². The van der Waals surface area contributed by atoms with Gasteiger partial charge in [-0.05, 0) is 6.92 Å². The van der Waals surface area contributed by atoms with Crippen molar-refractivity contribution in [3.8, 4) is 0 Å². The predicted molar refractivity (Wildman–Crippen MR) is 57.0 cm³/mol. The molecule has 0 saturated heterocycles. The highest BCUT2D eigenvalue weighted by Crippen LogP contribution is 2.15. The fourth-order valence-electron chi connectivity index (χ4n) is 1.92. The summed E-state index contributed by atoms with van der Waals surface area (Å²) in [6.07, 6.45) is -1.89. The molecule has 1 atom stereocenters. The number of halogens is 2. The van der Waals surface area contributed by atoms with Gasteiger partial charge in [0.05, 0.1) is 12.6 Å². The summed E-state index contributed by atoms with van der Waals surface area (Å²) < 4.78 is 30.6. The van der Waals surface area contributed by atoms with E-state index in [0.717, 1.165) is 24.7 Å². The standard InChI is InChI=1S/C10H16F2N4O/c1-7-10-15-14-9(16(10)4-3-13-7)2-5-17-6-8(11)12/h7-8,13H,2-6H2,1H3. The molecule has 2 rings (SSSR count). The molecule has 1 N–H and O–H groups in total. The van der Waals surface area contributed by atoms with Crippen LogP contribution in [0.15, 0.2) is 0 Å². The van der Waals surface area contributed by atoms with Crippen LogP contribution in [0.4, 0.5) is 8.78 Å². The number of ether oxygens (including phenoxy) is 1. The van der Waals surface area contributed by atoms with Gasteiger partial charge in [0.1, 0.15) is 18.3 Å². The third-order valence-electron chi connectivity index (χ3n) is 2.74. The SMILES string of the molecule is CC1NCCn2c(CCOCC(F)F)nnc21. The smallest absolute Gasteiger partial charge is 0.261 e. The molecular weight excluding hydrogens is 230 g/mol. The minimum Gasteiger partial charge on any atom is -0.375 e. The van der Waals surface area contributed by atoms with Crippen molar-refractivity contribution in [3.05, 3.63) is 11.6 Å². The monoisotopic (exact) mass is 246 g/mol. The molecule has 1 aromatic rings. The first-order chi connectivity index (χ1) is 8.18. The number of hydrogen-bond donors (Lipinski definition) is 1. The molecule has 1 aliphatic rings. The molecule has 17 heavy (non-hydrogen) atoms. The molecular formula is C10H16F2N4O. The maximum absolute atomic E-state index is 11.9. The number of fused-ring (bicyclic) bond motifs is 1. The molecule has 0 spiro atoms. The van der Waals surface area contributed by atoms with E-state index >= 15 is 0 Å². The van der Waals surface area contributed by atoms with Gasteiger partial charge in [-0.15, -0.1) is 10.2 Å². The molecule has 0 fully saturated rings. The summed E-state index contributed by atoms with van der Waals surface area (Å²) >= 11 is 0. The zero-order valence-corrected chi connectivity index (χ0v) is 9.70. The van der Waals surface area contributed by atoms with Crippen LogP contribution in [0, 0.1) is 0 Å². The van der Waals surface area contributed by atoms with Crippen molar-refractivity contribution >= 4 is 0 Å². The Hall–Kier alpha value is -1.08. The first-order valence-corrected chi connectivity index (χ1v) is 5.69. The lowest BCUT2D eigenvalue weighted by Gasteiger charge is -2.21. The third-order valence-corrected chi connectivity index (χ3v) is 2.74. The van der Waals surface area contributed by atoms with Gasteiger partial charge in [0.25, 0.3) is 6.43 Å². The van der Waals surface area contributed by atoms with E-state index in [-0.39, 0.29) is 12.6 Å². The van der Waals surface area contributed by atoms with Crippen LogP contribution in [0.25, 0.3) is 0 Å². The van der Waals surface area contributed by atoms with Gasteiger partial charge in [-0.25, -0.2) is 8.78 Å². The minimum absolute atomic E-state index is 0.187. The first kappa shape index (κ1) is 12.4. The lowest BCUT2D eigenvalue weighted by Crippen LogP contribution is -2.32. The summed E-state index contributed by atoms with van der Waals surface area (Å²) in [6, 6.07) is 0.187. The molecule has 0 saturated carbocycles. The first-order valence-electron chi connectivity index (χ1n) is 5.69. The van der Waals surface area contributed by atoms with Crippen LogP contribution in [0.2, 0.25) is 0 Å². The van der Waals surface area contributed by atoms with Crippen molar-refractivity contribution in [2.75, 3.05) is 19.8 Å². The lowest BCUT2D eigenvalue weighted by molar-refractivity contribution is 0.0180. The Morgan fingerprint density at radius 1 is 1.53 bits per heavy atom. The van der Waals surface area contributed by atoms with E-state index in [1.807, 2.05) is 11.5 Å². The van der Waals surface area contributed by atoms with E-state index in [2.05, 4.69) is 15.5 Å². The average Bonchev–Trinajstić information content (AvgIpc) is 2.69. The fraction of sp³-hybridized carbons (Fsp3) is 0.800. The van der Waals surface area contributed by atoms with E-state index in [1.165, 1.54) is 0 Å². The van der Waals surface area contributed by atoms with Crippen molar-refractivity contribution in [1.29, 1.82) is 0 Å². The van der Waals surface area contributed by atoms with Crippen molar-refractivity contribution in [3.63, 3.8) is 0 Å². The molecule has 1 aliphatic heterocycles. The van der Waals surface area contributed by atoms with Crippen molar-refractivity contribution < 1.29 is 13.5 Å². The maximum Gasteiger partial charge on any atom is 0.261 e. The Bertz CT molecular complexity index is 369. The summed E-state index contributed by atoms with van der Waals surface area (Å²) in [4.78, 5) is 0. The molecule has 5 nitrogen and oxygen atoms in total. The van der Waals surface area contributed by atoms with E-state index in [1.54, 1.807) is 0 Å². The van der Waals surface area contributed by atoms with Gasteiger partial charge in [-0.1, -0.05) is 0 Å². The van der Waals surface area contributed by atoms with E-state index in [0.29, 0.717) is 6.42 Å². The Balaban J connectivity index is 1.89. The number of aromatic nitrogens is 3. The van der Waals surface area contributed by atoms with E-state index in [9.17, 15) is 8.78 Å². The summed E-state index contributed by atoms with van der Waals surface area (Å²) in [5.41, 5.74) is 0. The van der Waals surface area contributed by atoms with Crippen LogP contribution >= 0.6 is 0 Å². The normalized spacial score (nSPS) is 19.6. The zero-order chi connectivity index (χ0) is 12.3. The van der Waals surface area contributed by atoms with Crippen LogP contribution in [-0.4, -0.2) is 40.9 Å². The highest BCUT2D eigenvalue weighted by Gasteiger charge is 2.20. The van der Waals surface area contributed by atoms with Crippen LogP contribution in [0.3, 0.4) is 0 Å². The predicted octanol–water partition coefficient (Wildman–Crippen LogP) is 0.766. The minimum atomic E-state index is -2.41. The third kappa shape index (κ3) is 2.98. The topological polar surface area (TPSA) is 52.0 Å². The summed E-state index contributed by atoms with van der Waals surface area (Å²) in [7, 11) is 0. The highest BCUT2D eigenvalue weighted by molar-refractivity contribution is 5.03. The number of nitrogens with zero attached hydrogens (tertiary/aromatic N) is 3. The summed E-state index contributed by atoms with van der Waals surface area (Å²) in [6.45, 7) is 3.45. The van der Waals surface area contributed by atoms with Crippen molar-refractivity contribution in [1.82, 2.24) is 20.1 Å². The average molecular weight is 246 g/mol. The van der Waals surface area contributed by atoms with Crippen LogP contribution < -0.4 is 5.32 Å². The number of hydrogen-bond acceptors (Lipinski definition) is 4. The van der Waals surface area contributed by atoms with Crippen LogP contribution in [0.5, 0.6) is 0 Å². The highest BCUT2D eigenvalue weighted by atomic mass is 19.3. The number of alkyl halides is 2. The molecule has 0 amide bonds. The van der Waals surface area contributed by atoms with Crippen LogP contribution in [-0.2, 0) is 17.7 Å². The van der Waals surface area contributed by atoms with Crippen molar-refractivity contribution in [2.24, 2.45) is 0 Å². The fourth-order valence-corrected chi connectivity index (χ4v) is 1.92. The molecule has 0 bridgehead atoms. The van der Waals surface area contributed by atoms with Gasteiger partial charge >= 0.3 is 0 Å². The second-order valence-electron chi connectivity index (χ2n) is 4.02. The Kier molecular flexibility index (Phi) is 4.01. The molecule has 0 aliphatic carbocycles. The van der Waals surface area contributed by atoms with Gasteiger partial charge in [0.15, 0.2) is 0 Å². The van der Waals surface area contributed by atoms with E-state index in [4.69, 9.17) is 4.74 Å². The second-order valence-corrected chi connectivity index (χ2v) is 4.02. The summed E-state index contributed by atoms with van der Waals surface area (Å²) in [5, 5.41) is 11.4. The lowest BCUT2D eigenvalue weighted by atomic mass is 10.2. The molecule has 0 radical (unpaired) electrons. The van der Waals surface area contributed by atoms with E-state index < -0.39 is 13.0 Å². The van der Waals surface area contributed by atoms with Gasteiger partial charge < -0.3 is 14.6 Å². The maximum atomic E-state index is 11.9. The molecule has 7 heteroatoms. The Morgan fingerprint density at radius 3 is 3.12 bits per heavy atom. The summed E-state index contributed by atoms with van der Waals surface area (Å²) in [5.74, 6) is 1.71. The van der Waals surface area contributed by atoms with Crippen LogP contribution in [0.1, 0.15) is 24.6 Å². The zero-order valence-electron chi connectivity index (χ0n) is 9.70. The molecule has 0 aromatic carbocycles. The second kappa shape index (κ2) is 5.50. The van der Waals surface area contributed by atoms with Gasteiger partial charge in [-0.2, -0.15) is 0 Å². The van der Waals surface area contributed by atoms with Gasteiger partial charge in [0, 0.05) is 19.5 Å². The molecule has 1 aromatic heterocycles. The van der Waals surface area contributed by atoms with Gasteiger partial charge in [-0.3, -0.25) is 0 Å². The Morgan fingerprint density at radius 2 is 2.35 bits per heavy atom.